The van der Waals surface area contributed by atoms with E-state index in [4.69, 9.17) is 9.47 Å². The highest BCUT2D eigenvalue weighted by molar-refractivity contribution is 6.01. The summed E-state index contributed by atoms with van der Waals surface area (Å²) in [5.41, 5.74) is -0.502. The average molecular weight is 348 g/mol. The molecule has 1 aromatic carbocycles. The molecule has 1 N–H and O–H groups in total. The molecule has 1 fully saturated rings. The van der Waals surface area contributed by atoms with Crippen LogP contribution in [0.15, 0.2) is 18.2 Å². The maximum Gasteiger partial charge on any atom is 0.330 e. The van der Waals surface area contributed by atoms with Crippen molar-refractivity contribution in [2.75, 3.05) is 25.3 Å². The second kappa shape index (κ2) is 6.27. The van der Waals surface area contributed by atoms with Crippen LogP contribution in [-0.4, -0.2) is 43.8 Å². The Bertz CT molecular complexity index is 730. The quantitative estimate of drug-likeness (QED) is 0.810. The van der Waals surface area contributed by atoms with Crippen LogP contribution in [0.3, 0.4) is 0 Å². The van der Waals surface area contributed by atoms with Crippen molar-refractivity contribution in [3.05, 3.63) is 18.2 Å². The summed E-state index contributed by atoms with van der Waals surface area (Å²) >= 11 is 0. The Morgan fingerprint density at radius 2 is 2.00 bits per heavy atom. The van der Waals surface area contributed by atoms with Crippen LogP contribution in [0.4, 0.5) is 5.69 Å². The van der Waals surface area contributed by atoms with E-state index in [0.29, 0.717) is 17.2 Å². The number of benzene rings is 1. The Morgan fingerprint density at radius 3 is 2.72 bits per heavy atom. The van der Waals surface area contributed by atoms with E-state index in [-0.39, 0.29) is 31.6 Å². The van der Waals surface area contributed by atoms with Gasteiger partial charge in [-0.05, 0) is 26.0 Å². The maximum absolute atomic E-state index is 12.4. The lowest BCUT2D eigenvalue weighted by atomic mass is 10.0. The molecular formula is C17H20N2O6. The second-order valence-corrected chi connectivity index (χ2v) is 6.55. The zero-order chi connectivity index (χ0) is 18.2. The smallest absolute Gasteiger partial charge is 0.330 e. The van der Waals surface area contributed by atoms with E-state index in [1.54, 1.807) is 32.0 Å². The van der Waals surface area contributed by atoms with E-state index in [0.717, 1.165) is 0 Å². The first-order valence-corrected chi connectivity index (χ1v) is 7.92. The van der Waals surface area contributed by atoms with Gasteiger partial charge in [-0.3, -0.25) is 9.59 Å². The number of nitrogens with zero attached hydrogens (tertiary/aromatic N) is 1. The van der Waals surface area contributed by atoms with E-state index in [1.165, 1.54) is 12.0 Å². The van der Waals surface area contributed by atoms with E-state index >= 15 is 0 Å². The molecule has 2 amide bonds. The van der Waals surface area contributed by atoms with Crippen LogP contribution in [0, 0.1) is 5.92 Å². The number of methoxy groups -OCH3 is 1. The highest BCUT2D eigenvalue weighted by Crippen LogP contribution is 2.37. The Hall–Kier alpha value is -2.77. The van der Waals surface area contributed by atoms with Crippen LogP contribution >= 0.6 is 0 Å². The van der Waals surface area contributed by atoms with Crippen molar-refractivity contribution in [1.82, 2.24) is 5.32 Å². The first kappa shape index (κ1) is 17.1. The fraction of sp³-hybridized carbons (Fsp3) is 0.471. The van der Waals surface area contributed by atoms with Gasteiger partial charge in [0.25, 0.3) is 0 Å². The second-order valence-electron chi connectivity index (χ2n) is 6.55. The van der Waals surface area contributed by atoms with Crippen LogP contribution in [0.25, 0.3) is 0 Å². The number of esters is 1. The molecule has 1 saturated heterocycles. The molecule has 2 aliphatic heterocycles. The van der Waals surface area contributed by atoms with Crippen molar-refractivity contribution in [1.29, 1.82) is 0 Å². The highest BCUT2D eigenvalue weighted by Gasteiger charge is 2.39. The molecule has 0 aliphatic carbocycles. The average Bonchev–Trinajstić information content (AvgIpc) is 3.19. The number of fused-ring (bicyclic) bond motifs is 1. The lowest BCUT2D eigenvalue weighted by molar-refractivity contribution is -0.149. The van der Waals surface area contributed by atoms with Gasteiger partial charge in [-0.15, -0.1) is 0 Å². The van der Waals surface area contributed by atoms with Crippen molar-refractivity contribution in [3.63, 3.8) is 0 Å². The zero-order valence-corrected chi connectivity index (χ0v) is 14.3. The van der Waals surface area contributed by atoms with Gasteiger partial charge < -0.3 is 24.4 Å². The monoisotopic (exact) mass is 348 g/mol. The van der Waals surface area contributed by atoms with Crippen molar-refractivity contribution < 1.29 is 28.6 Å². The predicted molar refractivity (Wildman–Crippen MR) is 87.3 cm³/mol. The van der Waals surface area contributed by atoms with Crippen molar-refractivity contribution in [2.45, 2.75) is 25.8 Å². The number of hydrogen-bond donors (Lipinski definition) is 1. The number of ether oxygens (including phenoxy) is 3. The summed E-state index contributed by atoms with van der Waals surface area (Å²) < 4.78 is 15.3. The normalized spacial score (nSPS) is 19.1. The predicted octanol–water partition coefficient (Wildman–Crippen LogP) is 0.836. The third-order valence-corrected chi connectivity index (χ3v) is 4.30. The van der Waals surface area contributed by atoms with Crippen LogP contribution in [0.2, 0.25) is 0 Å². The number of nitrogens with one attached hydrogen (secondary N) is 1. The fourth-order valence-corrected chi connectivity index (χ4v) is 2.90. The number of carbonyl (C=O) groups is 3. The van der Waals surface area contributed by atoms with E-state index in [2.05, 4.69) is 10.1 Å². The molecule has 3 rings (SSSR count). The number of amides is 2. The van der Waals surface area contributed by atoms with Gasteiger partial charge >= 0.3 is 5.97 Å². The zero-order valence-electron chi connectivity index (χ0n) is 14.3. The molecule has 2 aliphatic rings. The lowest BCUT2D eigenvalue weighted by Gasteiger charge is -2.25. The fourth-order valence-electron chi connectivity index (χ4n) is 2.90. The third kappa shape index (κ3) is 3.24. The van der Waals surface area contributed by atoms with Crippen molar-refractivity contribution in [3.8, 4) is 11.5 Å². The third-order valence-electron chi connectivity index (χ3n) is 4.30. The van der Waals surface area contributed by atoms with Gasteiger partial charge in [0, 0.05) is 24.7 Å². The van der Waals surface area contributed by atoms with Gasteiger partial charge in [-0.2, -0.15) is 0 Å². The molecule has 2 heterocycles. The molecule has 0 aromatic heterocycles. The summed E-state index contributed by atoms with van der Waals surface area (Å²) in [7, 11) is 1.26. The molecule has 1 aromatic rings. The highest BCUT2D eigenvalue weighted by atomic mass is 16.7. The minimum Gasteiger partial charge on any atom is -0.467 e. The largest absolute Gasteiger partial charge is 0.467 e. The first-order valence-electron chi connectivity index (χ1n) is 7.92. The standard InChI is InChI=1S/C17H20N2O6/c1-17(2,16(22)23-3)18-15(21)10-6-14(20)19(8-10)11-4-5-12-13(7-11)25-9-24-12/h4-5,7,10H,6,8-9H2,1-3H3,(H,18,21)/t10-/m0/s1. The van der Waals surface area contributed by atoms with E-state index in [9.17, 15) is 14.4 Å². The maximum atomic E-state index is 12.4. The molecular weight excluding hydrogens is 328 g/mol. The molecule has 0 radical (unpaired) electrons. The van der Waals surface area contributed by atoms with Crippen LogP contribution in [0.1, 0.15) is 20.3 Å². The van der Waals surface area contributed by atoms with Crippen molar-refractivity contribution in [2.24, 2.45) is 5.92 Å². The molecule has 0 saturated carbocycles. The van der Waals surface area contributed by atoms with Crippen LogP contribution < -0.4 is 19.7 Å². The van der Waals surface area contributed by atoms with Crippen LogP contribution in [0.5, 0.6) is 11.5 Å². The summed E-state index contributed by atoms with van der Waals surface area (Å²) in [6.45, 7) is 3.51. The van der Waals surface area contributed by atoms with Crippen molar-refractivity contribution >= 4 is 23.5 Å². The van der Waals surface area contributed by atoms with Crippen LogP contribution in [-0.2, 0) is 19.1 Å². The molecule has 0 bridgehead atoms. The Kier molecular flexibility index (Phi) is 4.28. The number of anilines is 1. The molecule has 1 atom stereocenters. The lowest BCUT2D eigenvalue weighted by Crippen LogP contribution is -2.52. The molecule has 8 heteroatoms. The Morgan fingerprint density at radius 1 is 1.28 bits per heavy atom. The first-order chi connectivity index (χ1) is 11.8. The van der Waals surface area contributed by atoms with E-state index in [1.807, 2.05) is 0 Å². The molecule has 134 valence electrons. The summed E-state index contributed by atoms with van der Waals surface area (Å²) in [6.07, 6.45) is 0.0809. The van der Waals surface area contributed by atoms with Gasteiger partial charge in [0.05, 0.1) is 13.0 Å². The molecule has 8 nitrogen and oxygen atoms in total. The topological polar surface area (TPSA) is 94.2 Å². The molecule has 0 unspecified atom stereocenters. The van der Waals surface area contributed by atoms with E-state index < -0.39 is 17.4 Å². The number of rotatable bonds is 4. The summed E-state index contributed by atoms with van der Waals surface area (Å²) in [5.74, 6) is -0.393. The number of hydrogen-bond acceptors (Lipinski definition) is 6. The molecule has 0 spiro atoms. The summed E-state index contributed by atoms with van der Waals surface area (Å²) in [4.78, 5) is 38.0. The Labute approximate surface area is 145 Å². The summed E-state index contributed by atoms with van der Waals surface area (Å²) in [6, 6.07) is 5.21. The van der Waals surface area contributed by atoms with Gasteiger partial charge in [-0.25, -0.2) is 4.79 Å². The minimum atomic E-state index is -1.15. The van der Waals surface area contributed by atoms with Gasteiger partial charge in [-0.1, -0.05) is 0 Å². The minimum absolute atomic E-state index is 0.0809. The molecule has 25 heavy (non-hydrogen) atoms. The number of carbonyl (C=O) groups excluding carboxylic acids is 3. The van der Waals surface area contributed by atoms with Gasteiger partial charge in [0.15, 0.2) is 11.5 Å². The Balaban J connectivity index is 1.70. The SMILES string of the molecule is COC(=O)C(C)(C)NC(=O)[C@H]1CC(=O)N(c2ccc3c(c2)OCO3)C1. The van der Waals surface area contributed by atoms with Gasteiger partial charge in [0.2, 0.25) is 18.6 Å². The summed E-state index contributed by atoms with van der Waals surface area (Å²) in [5, 5.41) is 2.65. The van der Waals surface area contributed by atoms with Gasteiger partial charge in [0.1, 0.15) is 5.54 Å².